The number of ether oxygens (including phenoxy) is 2. The molecule has 2 aromatic rings. The maximum absolute atomic E-state index is 11.8. The Labute approximate surface area is 129 Å². The van der Waals surface area contributed by atoms with Gasteiger partial charge in [0.25, 0.3) is 0 Å². The van der Waals surface area contributed by atoms with E-state index in [0.29, 0.717) is 0 Å². The molecule has 0 aliphatic rings. The molecule has 0 fully saturated rings. The molecule has 2 aromatic carbocycles. The normalized spacial score (nSPS) is 10.0. The van der Waals surface area contributed by atoms with E-state index < -0.39 is 5.97 Å². The van der Waals surface area contributed by atoms with Gasteiger partial charge >= 0.3 is 5.97 Å². The summed E-state index contributed by atoms with van der Waals surface area (Å²) in [5, 5.41) is 0. The summed E-state index contributed by atoms with van der Waals surface area (Å²) in [4.78, 5) is 23.5. The fourth-order valence-corrected chi connectivity index (χ4v) is 1.98. The number of esters is 1. The molecule has 0 aliphatic carbocycles. The first-order valence-electron chi connectivity index (χ1n) is 7.01. The Balaban J connectivity index is 1.76. The minimum absolute atomic E-state index is 0.147. The zero-order chi connectivity index (χ0) is 15.8. The average molecular weight is 298 g/mol. The van der Waals surface area contributed by atoms with Gasteiger partial charge in [-0.05, 0) is 23.3 Å². The highest BCUT2D eigenvalue weighted by molar-refractivity contribution is 5.96. The average Bonchev–Trinajstić information content (AvgIpc) is 2.54. The van der Waals surface area contributed by atoms with E-state index in [-0.39, 0.29) is 25.2 Å². The smallest absolute Gasteiger partial charge is 0.313 e. The Bertz CT molecular complexity index is 617. The van der Waals surface area contributed by atoms with E-state index >= 15 is 0 Å². The predicted molar refractivity (Wildman–Crippen MR) is 82.6 cm³/mol. The van der Waals surface area contributed by atoms with Crippen molar-refractivity contribution in [1.82, 2.24) is 0 Å². The van der Waals surface area contributed by atoms with Crippen LogP contribution in [-0.4, -0.2) is 18.9 Å². The van der Waals surface area contributed by atoms with Crippen molar-refractivity contribution in [3.8, 4) is 5.75 Å². The Morgan fingerprint density at radius 2 is 1.59 bits per heavy atom. The number of Topliss-reactive ketones (excluding diaryl/α,β-unsaturated/α-hetero) is 1. The van der Waals surface area contributed by atoms with Gasteiger partial charge in [-0.2, -0.15) is 0 Å². The number of methoxy groups -OCH3 is 1. The van der Waals surface area contributed by atoms with Crippen LogP contribution in [-0.2, 0) is 27.4 Å². The number of ketones is 1. The number of hydrogen-bond acceptors (Lipinski definition) is 4. The largest absolute Gasteiger partial charge is 0.497 e. The van der Waals surface area contributed by atoms with Crippen molar-refractivity contribution in [2.45, 2.75) is 19.4 Å². The van der Waals surface area contributed by atoms with Gasteiger partial charge in [-0.15, -0.1) is 0 Å². The third kappa shape index (κ3) is 5.05. The highest BCUT2D eigenvalue weighted by Gasteiger charge is 2.11. The van der Waals surface area contributed by atoms with Gasteiger partial charge in [0, 0.05) is 6.42 Å². The zero-order valence-corrected chi connectivity index (χ0v) is 12.5. The number of benzene rings is 2. The Morgan fingerprint density at radius 1 is 0.909 bits per heavy atom. The second kappa shape index (κ2) is 7.98. The van der Waals surface area contributed by atoms with Crippen molar-refractivity contribution in [2.75, 3.05) is 7.11 Å². The molecule has 0 heterocycles. The molecule has 0 spiro atoms. The standard InChI is InChI=1S/C18H18O4/c1-21-17-9-7-15(8-10-17)13-22-18(20)12-16(19)11-14-5-3-2-4-6-14/h2-10H,11-13H2,1H3. The van der Waals surface area contributed by atoms with Crippen LogP contribution in [0.3, 0.4) is 0 Å². The molecule has 0 radical (unpaired) electrons. The Hall–Kier alpha value is -2.62. The van der Waals surface area contributed by atoms with Crippen LogP contribution in [0.2, 0.25) is 0 Å². The number of carbonyl (C=O) groups is 2. The van der Waals surface area contributed by atoms with Gasteiger partial charge in [0.15, 0.2) is 0 Å². The van der Waals surface area contributed by atoms with Crippen LogP contribution >= 0.6 is 0 Å². The molecule has 2 rings (SSSR count). The van der Waals surface area contributed by atoms with Gasteiger partial charge in [0.2, 0.25) is 0 Å². The van der Waals surface area contributed by atoms with E-state index in [0.717, 1.165) is 16.9 Å². The number of hydrogen-bond donors (Lipinski definition) is 0. The van der Waals surface area contributed by atoms with Gasteiger partial charge in [-0.1, -0.05) is 42.5 Å². The third-order valence-corrected chi connectivity index (χ3v) is 3.14. The van der Waals surface area contributed by atoms with E-state index in [9.17, 15) is 9.59 Å². The van der Waals surface area contributed by atoms with E-state index in [1.807, 2.05) is 42.5 Å². The fraction of sp³-hybridized carbons (Fsp3) is 0.222. The minimum atomic E-state index is -0.503. The Kier molecular flexibility index (Phi) is 5.72. The van der Waals surface area contributed by atoms with Crippen molar-refractivity contribution >= 4 is 11.8 Å². The first-order valence-corrected chi connectivity index (χ1v) is 7.01. The molecule has 4 heteroatoms. The van der Waals surface area contributed by atoms with E-state index in [1.165, 1.54) is 0 Å². The fourth-order valence-electron chi connectivity index (χ4n) is 1.98. The second-order valence-corrected chi connectivity index (χ2v) is 4.89. The topological polar surface area (TPSA) is 52.6 Å². The maximum Gasteiger partial charge on any atom is 0.313 e. The molecule has 0 amide bonds. The van der Waals surface area contributed by atoms with Crippen LogP contribution in [0.5, 0.6) is 5.75 Å². The lowest BCUT2D eigenvalue weighted by atomic mass is 10.1. The summed E-state index contributed by atoms with van der Waals surface area (Å²) in [5.74, 6) is 0.0933. The molecule has 0 saturated carbocycles. The van der Waals surface area contributed by atoms with Gasteiger partial charge < -0.3 is 9.47 Å². The van der Waals surface area contributed by atoms with Crippen molar-refractivity contribution in [3.05, 3.63) is 65.7 Å². The van der Waals surface area contributed by atoms with Gasteiger partial charge in [0.05, 0.1) is 7.11 Å². The molecule has 0 N–H and O–H groups in total. The maximum atomic E-state index is 11.8. The summed E-state index contributed by atoms with van der Waals surface area (Å²) in [6, 6.07) is 16.6. The quantitative estimate of drug-likeness (QED) is 0.582. The Morgan fingerprint density at radius 3 is 2.23 bits per heavy atom. The molecule has 0 unspecified atom stereocenters. The summed E-state index contributed by atoms with van der Waals surface area (Å²) in [6.45, 7) is 0.154. The highest BCUT2D eigenvalue weighted by atomic mass is 16.5. The molecule has 0 bridgehead atoms. The first kappa shape index (κ1) is 15.8. The van der Waals surface area contributed by atoms with E-state index in [2.05, 4.69) is 0 Å². The lowest BCUT2D eigenvalue weighted by Gasteiger charge is -2.06. The SMILES string of the molecule is COc1ccc(COC(=O)CC(=O)Cc2ccccc2)cc1. The first-order chi connectivity index (χ1) is 10.7. The van der Waals surface area contributed by atoms with Gasteiger partial charge in [-0.25, -0.2) is 0 Å². The molecule has 114 valence electrons. The molecule has 0 atom stereocenters. The highest BCUT2D eigenvalue weighted by Crippen LogP contribution is 2.12. The lowest BCUT2D eigenvalue weighted by Crippen LogP contribution is -2.13. The van der Waals surface area contributed by atoms with Crippen molar-refractivity contribution in [1.29, 1.82) is 0 Å². The molecule has 22 heavy (non-hydrogen) atoms. The van der Waals surface area contributed by atoms with Crippen LogP contribution < -0.4 is 4.74 Å². The van der Waals surface area contributed by atoms with Crippen LogP contribution in [0.1, 0.15) is 17.5 Å². The summed E-state index contributed by atoms with van der Waals surface area (Å²) >= 11 is 0. The zero-order valence-electron chi connectivity index (χ0n) is 12.5. The molecule has 0 saturated heterocycles. The van der Waals surface area contributed by atoms with Crippen LogP contribution in [0.25, 0.3) is 0 Å². The molecular formula is C18H18O4. The summed E-state index contributed by atoms with van der Waals surface area (Å²) < 4.78 is 10.2. The van der Waals surface area contributed by atoms with Gasteiger partial charge in [0.1, 0.15) is 24.6 Å². The monoisotopic (exact) mass is 298 g/mol. The number of rotatable bonds is 7. The summed E-state index contributed by atoms with van der Waals surface area (Å²) in [5.41, 5.74) is 1.75. The van der Waals surface area contributed by atoms with Crippen molar-refractivity contribution < 1.29 is 19.1 Å². The lowest BCUT2D eigenvalue weighted by molar-refractivity contribution is -0.147. The molecule has 0 aliphatic heterocycles. The summed E-state index contributed by atoms with van der Waals surface area (Å²) in [6.07, 6.45) is 0.0452. The number of carbonyl (C=O) groups excluding carboxylic acids is 2. The van der Waals surface area contributed by atoms with Crippen LogP contribution in [0, 0.1) is 0 Å². The minimum Gasteiger partial charge on any atom is -0.497 e. The summed E-state index contributed by atoms with van der Waals surface area (Å²) in [7, 11) is 1.59. The van der Waals surface area contributed by atoms with Crippen LogP contribution in [0.15, 0.2) is 54.6 Å². The molecular weight excluding hydrogens is 280 g/mol. The second-order valence-electron chi connectivity index (χ2n) is 4.89. The molecule has 4 nitrogen and oxygen atoms in total. The van der Waals surface area contributed by atoms with Crippen molar-refractivity contribution in [3.63, 3.8) is 0 Å². The predicted octanol–water partition coefficient (Wildman–Crippen LogP) is 2.94. The van der Waals surface area contributed by atoms with Crippen molar-refractivity contribution in [2.24, 2.45) is 0 Å². The van der Waals surface area contributed by atoms with Crippen LogP contribution in [0.4, 0.5) is 0 Å². The van der Waals surface area contributed by atoms with Gasteiger partial charge in [-0.3, -0.25) is 9.59 Å². The van der Waals surface area contributed by atoms with E-state index in [4.69, 9.17) is 9.47 Å². The van der Waals surface area contributed by atoms with E-state index in [1.54, 1.807) is 19.2 Å². The third-order valence-electron chi connectivity index (χ3n) is 3.14. The molecule has 0 aromatic heterocycles.